The number of carboxylic acid groups (broad SMARTS) is 1. The molecule has 0 heterocycles. The second-order valence-corrected chi connectivity index (χ2v) is 4.71. The Morgan fingerprint density at radius 3 is 2.44 bits per heavy atom. The van der Waals surface area contributed by atoms with Crippen LogP contribution < -0.4 is 5.32 Å². The molecule has 1 aliphatic carbocycles. The third-order valence-corrected chi connectivity index (χ3v) is 3.21. The first-order valence-corrected chi connectivity index (χ1v) is 6.11. The van der Waals surface area contributed by atoms with E-state index in [0.717, 1.165) is 38.5 Å². The zero-order valence-corrected chi connectivity index (χ0v) is 9.92. The van der Waals surface area contributed by atoms with E-state index in [9.17, 15) is 9.59 Å². The summed E-state index contributed by atoms with van der Waals surface area (Å²) in [4.78, 5) is 22.4. The molecule has 1 aliphatic rings. The van der Waals surface area contributed by atoms with Crippen molar-refractivity contribution in [3.05, 3.63) is 0 Å². The molecule has 16 heavy (non-hydrogen) atoms. The van der Waals surface area contributed by atoms with E-state index < -0.39 is 11.5 Å². The summed E-state index contributed by atoms with van der Waals surface area (Å²) in [5, 5.41) is 11.8. The van der Waals surface area contributed by atoms with Gasteiger partial charge in [0.1, 0.15) is 0 Å². The molecule has 0 aromatic carbocycles. The van der Waals surface area contributed by atoms with Crippen LogP contribution in [-0.4, -0.2) is 22.5 Å². The fraction of sp³-hybridized carbons (Fsp3) is 0.833. The van der Waals surface area contributed by atoms with E-state index >= 15 is 0 Å². The smallest absolute Gasteiger partial charge is 0.305 e. The van der Waals surface area contributed by atoms with Gasteiger partial charge in [0.15, 0.2) is 0 Å². The topological polar surface area (TPSA) is 66.4 Å². The first kappa shape index (κ1) is 13.0. The molecular weight excluding hydrogens is 206 g/mol. The summed E-state index contributed by atoms with van der Waals surface area (Å²) < 4.78 is 0. The first-order chi connectivity index (χ1) is 7.58. The Kier molecular flexibility index (Phi) is 4.77. The number of hydrogen-bond donors (Lipinski definition) is 2. The van der Waals surface area contributed by atoms with Gasteiger partial charge < -0.3 is 10.4 Å². The summed E-state index contributed by atoms with van der Waals surface area (Å²) in [5.74, 6) is -0.817. The van der Waals surface area contributed by atoms with Crippen LogP contribution in [0.4, 0.5) is 0 Å². The molecule has 0 unspecified atom stereocenters. The molecular formula is C12H21NO3. The highest BCUT2D eigenvalue weighted by Gasteiger charge is 2.37. The highest BCUT2D eigenvalue weighted by molar-refractivity contribution is 5.78. The summed E-state index contributed by atoms with van der Waals surface area (Å²) in [6.07, 6.45) is 6.06. The molecule has 2 N–H and O–H groups in total. The van der Waals surface area contributed by atoms with Crippen molar-refractivity contribution in [2.24, 2.45) is 0 Å². The van der Waals surface area contributed by atoms with Gasteiger partial charge in [-0.15, -0.1) is 0 Å². The van der Waals surface area contributed by atoms with Crippen molar-refractivity contribution in [1.82, 2.24) is 5.32 Å². The summed E-state index contributed by atoms with van der Waals surface area (Å²) in [6.45, 7) is 2.04. The van der Waals surface area contributed by atoms with Crippen LogP contribution >= 0.6 is 0 Å². The second-order valence-electron chi connectivity index (χ2n) is 4.71. The zero-order chi connectivity index (χ0) is 12.0. The van der Waals surface area contributed by atoms with Crippen molar-refractivity contribution < 1.29 is 14.7 Å². The maximum atomic E-state index is 11.6. The quantitative estimate of drug-likeness (QED) is 0.730. The van der Waals surface area contributed by atoms with E-state index in [1.807, 2.05) is 6.92 Å². The molecule has 0 saturated heterocycles. The van der Waals surface area contributed by atoms with E-state index in [1.54, 1.807) is 0 Å². The van der Waals surface area contributed by atoms with E-state index in [1.165, 1.54) is 0 Å². The van der Waals surface area contributed by atoms with E-state index in [4.69, 9.17) is 5.11 Å². The molecule has 4 heteroatoms. The fourth-order valence-electron chi connectivity index (χ4n) is 2.38. The highest BCUT2D eigenvalue weighted by Crippen LogP contribution is 2.32. The van der Waals surface area contributed by atoms with Crippen LogP contribution in [0.3, 0.4) is 0 Å². The number of carbonyl (C=O) groups excluding carboxylic acids is 1. The van der Waals surface area contributed by atoms with Gasteiger partial charge >= 0.3 is 5.97 Å². The molecule has 92 valence electrons. The van der Waals surface area contributed by atoms with Gasteiger partial charge in [0.25, 0.3) is 0 Å². The second kappa shape index (κ2) is 5.87. The highest BCUT2D eigenvalue weighted by atomic mass is 16.4. The van der Waals surface area contributed by atoms with Crippen LogP contribution in [-0.2, 0) is 9.59 Å². The van der Waals surface area contributed by atoms with Gasteiger partial charge in [0.2, 0.25) is 5.91 Å². The Labute approximate surface area is 96.4 Å². The minimum absolute atomic E-state index is 0.00463. The van der Waals surface area contributed by atoms with E-state index in [2.05, 4.69) is 5.32 Å². The van der Waals surface area contributed by atoms with Crippen molar-refractivity contribution >= 4 is 11.9 Å². The minimum atomic E-state index is -0.822. The molecule has 0 bridgehead atoms. The summed E-state index contributed by atoms with van der Waals surface area (Å²) in [7, 11) is 0. The van der Waals surface area contributed by atoms with Gasteiger partial charge in [-0.2, -0.15) is 0 Å². The minimum Gasteiger partial charge on any atom is -0.481 e. The number of unbranched alkanes of at least 4 members (excludes halogenated alkanes) is 1. The Hall–Kier alpha value is -1.06. The molecule has 0 spiro atoms. The standard InChI is InChI=1S/C12H21NO3/c1-2-3-6-10(14)13-12(9-11(15)16)7-4-5-8-12/h2-9H2,1H3,(H,13,14)(H,15,16). The van der Waals surface area contributed by atoms with Gasteiger partial charge in [0, 0.05) is 6.42 Å². The van der Waals surface area contributed by atoms with Crippen LogP contribution in [0, 0.1) is 0 Å². The molecule has 1 saturated carbocycles. The fourth-order valence-corrected chi connectivity index (χ4v) is 2.38. The number of amides is 1. The normalized spacial score (nSPS) is 18.3. The lowest BCUT2D eigenvalue weighted by Crippen LogP contribution is -2.47. The van der Waals surface area contributed by atoms with Crippen molar-refractivity contribution in [3.8, 4) is 0 Å². The molecule has 0 radical (unpaired) electrons. The van der Waals surface area contributed by atoms with Crippen molar-refractivity contribution in [3.63, 3.8) is 0 Å². The van der Waals surface area contributed by atoms with Gasteiger partial charge in [-0.1, -0.05) is 26.2 Å². The molecule has 4 nitrogen and oxygen atoms in total. The van der Waals surface area contributed by atoms with Crippen molar-refractivity contribution in [2.45, 2.75) is 63.8 Å². The third kappa shape index (κ3) is 3.83. The van der Waals surface area contributed by atoms with Crippen molar-refractivity contribution in [2.75, 3.05) is 0 Å². The first-order valence-electron chi connectivity index (χ1n) is 6.11. The molecule has 1 amide bonds. The Bertz CT molecular complexity index is 257. The van der Waals surface area contributed by atoms with E-state index in [-0.39, 0.29) is 12.3 Å². The largest absolute Gasteiger partial charge is 0.481 e. The van der Waals surface area contributed by atoms with Crippen LogP contribution in [0.25, 0.3) is 0 Å². The van der Waals surface area contributed by atoms with Crippen LogP contribution in [0.2, 0.25) is 0 Å². The number of hydrogen-bond acceptors (Lipinski definition) is 2. The summed E-state index contributed by atoms with van der Waals surface area (Å²) in [6, 6.07) is 0. The third-order valence-electron chi connectivity index (χ3n) is 3.21. The summed E-state index contributed by atoms with van der Waals surface area (Å²) in [5.41, 5.74) is -0.462. The number of rotatable bonds is 6. The van der Waals surface area contributed by atoms with Gasteiger partial charge in [-0.25, -0.2) is 0 Å². The number of aliphatic carboxylic acids is 1. The molecule has 0 aromatic heterocycles. The lowest BCUT2D eigenvalue weighted by atomic mass is 9.93. The molecule has 0 atom stereocenters. The Morgan fingerprint density at radius 1 is 1.31 bits per heavy atom. The number of carboxylic acids is 1. The average Bonchev–Trinajstić information content (AvgIpc) is 2.62. The molecule has 1 rings (SSSR count). The SMILES string of the molecule is CCCCC(=O)NC1(CC(=O)O)CCCC1. The number of nitrogens with one attached hydrogen (secondary N) is 1. The van der Waals surface area contributed by atoms with Gasteiger partial charge in [-0.05, 0) is 19.3 Å². The number of carbonyl (C=O) groups is 2. The summed E-state index contributed by atoms with van der Waals surface area (Å²) >= 11 is 0. The molecule has 0 aliphatic heterocycles. The lowest BCUT2D eigenvalue weighted by Gasteiger charge is -2.28. The van der Waals surface area contributed by atoms with E-state index in [0.29, 0.717) is 6.42 Å². The average molecular weight is 227 g/mol. The van der Waals surface area contributed by atoms with Crippen LogP contribution in [0.1, 0.15) is 58.3 Å². The van der Waals surface area contributed by atoms with Crippen LogP contribution in [0.5, 0.6) is 0 Å². The Morgan fingerprint density at radius 2 is 1.94 bits per heavy atom. The molecule has 0 aromatic rings. The predicted molar refractivity (Wildman–Crippen MR) is 61.1 cm³/mol. The maximum Gasteiger partial charge on any atom is 0.305 e. The van der Waals surface area contributed by atoms with Gasteiger partial charge in [0.05, 0.1) is 12.0 Å². The van der Waals surface area contributed by atoms with Gasteiger partial charge in [-0.3, -0.25) is 9.59 Å². The van der Waals surface area contributed by atoms with Crippen LogP contribution in [0.15, 0.2) is 0 Å². The predicted octanol–water partition coefficient (Wildman–Crippen LogP) is 2.08. The Balaban J connectivity index is 2.50. The zero-order valence-electron chi connectivity index (χ0n) is 9.92. The lowest BCUT2D eigenvalue weighted by molar-refractivity contribution is -0.139. The monoisotopic (exact) mass is 227 g/mol. The maximum absolute atomic E-state index is 11.6. The van der Waals surface area contributed by atoms with Crippen molar-refractivity contribution in [1.29, 1.82) is 0 Å². The molecule has 1 fully saturated rings.